The summed E-state index contributed by atoms with van der Waals surface area (Å²) in [6.07, 6.45) is 2.75. The Labute approximate surface area is 126 Å². The van der Waals surface area contributed by atoms with Crippen LogP contribution in [0.4, 0.5) is 4.39 Å². The van der Waals surface area contributed by atoms with Crippen molar-refractivity contribution in [2.45, 2.75) is 50.6 Å². The average Bonchev–Trinajstić information content (AvgIpc) is 3.27. The van der Waals surface area contributed by atoms with Crippen LogP contribution in [0.1, 0.15) is 37.3 Å². The lowest BCUT2D eigenvalue weighted by Gasteiger charge is -2.18. The van der Waals surface area contributed by atoms with Crippen molar-refractivity contribution < 1.29 is 12.8 Å². The van der Waals surface area contributed by atoms with Gasteiger partial charge in [-0.1, -0.05) is 6.92 Å². The molecule has 1 aromatic carbocycles. The van der Waals surface area contributed by atoms with Gasteiger partial charge in [0.05, 0.1) is 4.90 Å². The molecule has 0 heterocycles. The van der Waals surface area contributed by atoms with Gasteiger partial charge in [0.2, 0.25) is 10.0 Å². The first-order valence-corrected chi connectivity index (χ1v) is 8.79. The van der Waals surface area contributed by atoms with Crippen LogP contribution in [0.5, 0.6) is 0 Å². The van der Waals surface area contributed by atoms with Crippen molar-refractivity contribution in [3.8, 4) is 0 Å². The molecule has 1 aliphatic carbocycles. The molecule has 1 saturated carbocycles. The highest BCUT2D eigenvalue weighted by atomic mass is 32.2. The fourth-order valence-corrected chi connectivity index (χ4v) is 3.84. The van der Waals surface area contributed by atoms with E-state index in [0.29, 0.717) is 17.7 Å². The van der Waals surface area contributed by atoms with Crippen LogP contribution >= 0.6 is 0 Å². The fraction of sp³-hybridized carbons (Fsp3) is 0.600. The maximum atomic E-state index is 14.1. The highest BCUT2D eigenvalue weighted by molar-refractivity contribution is 7.89. The van der Waals surface area contributed by atoms with Crippen LogP contribution < -0.4 is 5.32 Å². The molecule has 4 nitrogen and oxygen atoms in total. The number of aryl methyl sites for hydroxylation is 1. The molecule has 1 fully saturated rings. The van der Waals surface area contributed by atoms with Gasteiger partial charge in [-0.2, -0.15) is 4.31 Å². The smallest absolute Gasteiger partial charge is 0.243 e. The minimum absolute atomic E-state index is 0.0991. The van der Waals surface area contributed by atoms with Crippen LogP contribution in [0, 0.1) is 12.7 Å². The summed E-state index contributed by atoms with van der Waals surface area (Å²) >= 11 is 0. The monoisotopic (exact) mass is 314 g/mol. The van der Waals surface area contributed by atoms with E-state index in [1.54, 1.807) is 14.0 Å². The standard InChI is InChI=1S/C15H23FN2O2S/c1-4-7-17-10-12-9-14(8-11(2)15(12)16)21(19,20)18(3)13-5-6-13/h8-9,13,17H,4-7,10H2,1-3H3. The van der Waals surface area contributed by atoms with E-state index in [4.69, 9.17) is 0 Å². The van der Waals surface area contributed by atoms with Crippen molar-refractivity contribution in [2.75, 3.05) is 13.6 Å². The number of sulfonamides is 1. The topological polar surface area (TPSA) is 49.4 Å². The minimum atomic E-state index is -3.53. The Bertz CT molecular complexity index is 612. The molecule has 0 radical (unpaired) electrons. The second-order valence-electron chi connectivity index (χ2n) is 5.64. The molecule has 0 bridgehead atoms. The van der Waals surface area contributed by atoms with E-state index < -0.39 is 10.0 Å². The molecule has 0 saturated heterocycles. The predicted molar refractivity (Wildman–Crippen MR) is 81.1 cm³/mol. The second kappa shape index (κ2) is 6.42. The SMILES string of the molecule is CCCNCc1cc(S(=O)(=O)N(C)C2CC2)cc(C)c1F. The molecule has 21 heavy (non-hydrogen) atoms. The molecule has 0 unspecified atom stereocenters. The van der Waals surface area contributed by atoms with Gasteiger partial charge in [0.25, 0.3) is 0 Å². The molecular weight excluding hydrogens is 291 g/mol. The van der Waals surface area contributed by atoms with Crippen LogP contribution in [-0.4, -0.2) is 32.4 Å². The summed E-state index contributed by atoms with van der Waals surface area (Å²) in [5.41, 5.74) is 0.778. The largest absolute Gasteiger partial charge is 0.313 e. The normalized spacial score (nSPS) is 15.7. The van der Waals surface area contributed by atoms with Crippen molar-refractivity contribution in [1.29, 1.82) is 0 Å². The summed E-state index contributed by atoms with van der Waals surface area (Å²) in [5.74, 6) is -0.327. The quantitative estimate of drug-likeness (QED) is 0.786. The Hall–Kier alpha value is -0.980. The van der Waals surface area contributed by atoms with Crippen LogP contribution in [0.2, 0.25) is 0 Å². The third kappa shape index (κ3) is 3.62. The van der Waals surface area contributed by atoms with Crippen LogP contribution in [0.25, 0.3) is 0 Å². The zero-order valence-electron chi connectivity index (χ0n) is 12.8. The molecule has 1 aromatic rings. The first kappa shape index (κ1) is 16.4. The molecule has 0 aliphatic heterocycles. The molecule has 2 rings (SSSR count). The first-order valence-electron chi connectivity index (χ1n) is 7.35. The Kier molecular flexibility index (Phi) is 5.01. The Balaban J connectivity index is 2.31. The first-order chi connectivity index (χ1) is 9.87. The van der Waals surface area contributed by atoms with Crippen LogP contribution in [0.15, 0.2) is 17.0 Å². The number of hydrogen-bond donors (Lipinski definition) is 1. The average molecular weight is 314 g/mol. The molecule has 1 N–H and O–H groups in total. The maximum Gasteiger partial charge on any atom is 0.243 e. The van der Waals surface area contributed by atoms with Gasteiger partial charge in [-0.25, -0.2) is 12.8 Å². The van der Waals surface area contributed by atoms with E-state index in [-0.39, 0.29) is 16.8 Å². The molecule has 0 spiro atoms. The van der Waals surface area contributed by atoms with Crippen molar-refractivity contribution in [3.05, 3.63) is 29.1 Å². The highest BCUT2D eigenvalue weighted by Crippen LogP contribution is 2.31. The number of hydrogen-bond acceptors (Lipinski definition) is 3. The van der Waals surface area contributed by atoms with Gasteiger partial charge in [0.1, 0.15) is 5.82 Å². The van der Waals surface area contributed by atoms with E-state index in [0.717, 1.165) is 25.8 Å². The Morgan fingerprint density at radius 1 is 1.38 bits per heavy atom. The summed E-state index contributed by atoms with van der Waals surface area (Å²) in [5, 5.41) is 3.11. The van der Waals surface area contributed by atoms with Gasteiger partial charge < -0.3 is 5.32 Å². The fourth-order valence-electron chi connectivity index (χ4n) is 2.28. The van der Waals surface area contributed by atoms with Gasteiger partial charge >= 0.3 is 0 Å². The third-order valence-electron chi connectivity index (χ3n) is 3.78. The van der Waals surface area contributed by atoms with Crippen molar-refractivity contribution >= 4 is 10.0 Å². The number of halogens is 1. The Morgan fingerprint density at radius 3 is 2.62 bits per heavy atom. The zero-order chi connectivity index (χ0) is 15.6. The third-order valence-corrected chi connectivity index (χ3v) is 5.67. The minimum Gasteiger partial charge on any atom is -0.313 e. The molecule has 0 amide bonds. The van der Waals surface area contributed by atoms with E-state index in [9.17, 15) is 12.8 Å². The van der Waals surface area contributed by atoms with Gasteiger partial charge in [0.15, 0.2) is 0 Å². The highest BCUT2D eigenvalue weighted by Gasteiger charge is 2.35. The van der Waals surface area contributed by atoms with E-state index >= 15 is 0 Å². The summed E-state index contributed by atoms with van der Waals surface area (Å²) in [4.78, 5) is 0.184. The lowest BCUT2D eigenvalue weighted by atomic mass is 10.1. The van der Waals surface area contributed by atoms with Crippen molar-refractivity contribution in [1.82, 2.24) is 9.62 Å². The predicted octanol–water partition coefficient (Wildman–Crippen LogP) is 2.42. The number of nitrogens with zero attached hydrogens (tertiary/aromatic N) is 1. The summed E-state index contributed by atoms with van der Waals surface area (Å²) in [6, 6.07) is 2.98. The zero-order valence-corrected chi connectivity index (χ0v) is 13.6. The summed E-state index contributed by atoms with van der Waals surface area (Å²) in [6.45, 7) is 4.75. The maximum absolute atomic E-state index is 14.1. The van der Waals surface area contributed by atoms with E-state index in [1.165, 1.54) is 16.4 Å². The lowest BCUT2D eigenvalue weighted by molar-refractivity contribution is 0.463. The van der Waals surface area contributed by atoms with Gasteiger partial charge in [-0.3, -0.25) is 0 Å². The number of nitrogens with one attached hydrogen (secondary N) is 1. The lowest BCUT2D eigenvalue weighted by Crippen LogP contribution is -2.29. The van der Waals surface area contributed by atoms with Crippen molar-refractivity contribution in [3.63, 3.8) is 0 Å². The van der Waals surface area contributed by atoms with Gasteiger partial charge in [-0.05, 0) is 50.4 Å². The second-order valence-corrected chi connectivity index (χ2v) is 7.64. The molecular formula is C15H23FN2O2S. The van der Waals surface area contributed by atoms with E-state index in [1.807, 2.05) is 6.92 Å². The molecule has 6 heteroatoms. The number of benzene rings is 1. The molecule has 118 valence electrons. The molecule has 0 atom stereocenters. The summed E-state index contributed by atoms with van der Waals surface area (Å²) in [7, 11) is -1.93. The van der Waals surface area contributed by atoms with Crippen LogP contribution in [-0.2, 0) is 16.6 Å². The van der Waals surface area contributed by atoms with E-state index in [2.05, 4.69) is 5.32 Å². The molecule has 1 aliphatic rings. The Morgan fingerprint density at radius 2 is 2.05 bits per heavy atom. The van der Waals surface area contributed by atoms with Gasteiger partial charge in [0, 0.05) is 25.2 Å². The summed E-state index contributed by atoms with van der Waals surface area (Å²) < 4.78 is 40.6. The number of rotatable bonds is 7. The molecule has 0 aromatic heterocycles. The van der Waals surface area contributed by atoms with Crippen molar-refractivity contribution in [2.24, 2.45) is 0 Å². The van der Waals surface area contributed by atoms with Gasteiger partial charge in [-0.15, -0.1) is 0 Å². The van der Waals surface area contributed by atoms with Crippen LogP contribution in [0.3, 0.4) is 0 Å².